The van der Waals surface area contributed by atoms with Crippen molar-refractivity contribution < 1.29 is 9.90 Å². The van der Waals surface area contributed by atoms with Gasteiger partial charge in [-0.3, -0.25) is 9.59 Å². The number of amides is 1. The normalized spacial score (nSPS) is 10.9. The van der Waals surface area contributed by atoms with Gasteiger partial charge < -0.3 is 14.6 Å². The van der Waals surface area contributed by atoms with E-state index in [-0.39, 0.29) is 16.0 Å². The van der Waals surface area contributed by atoms with Gasteiger partial charge in [-0.25, -0.2) is 0 Å². The van der Waals surface area contributed by atoms with Gasteiger partial charge >= 0.3 is 0 Å². The van der Waals surface area contributed by atoms with Crippen molar-refractivity contribution in [3.05, 3.63) is 68.4 Å². The third-order valence-electron chi connectivity index (χ3n) is 4.08. The zero-order chi connectivity index (χ0) is 18.3. The van der Waals surface area contributed by atoms with Gasteiger partial charge in [0, 0.05) is 24.8 Å². The standard InChI is InChI=1S/C18H14Cl2N2O3/c1-21(11-8-6-10(19)7-9-11)17(24)15-16(23)14-12(20)4-3-5-13(14)22(2)18(15)25/h3-9,23H,1-2H3. The summed E-state index contributed by atoms with van der Waals surface area (Å²) in [5, 5.41) is 11.6. The van der Waals surface area contributed by atoms with E-state index in [2.05, 4.69) is 0 Å². The second-order valence-corrected chi connectivity index (χ2v) is 6.41. The van der Waals surface area contributed by atoms with Crippen LogP contribution in [0, 0.1) is 0 Å². The predicted octanol–water partition coefficient (Wildman–Crippen LogP) is 3.83. The van der Waals surface area contributed by atoms with Crippen molar-refractivity contribution in [2.75, 3.05) is 11.9 Å². The van der Waals surface area contributed by atoms with E-state index < -0.39 is 17.2 Å². The highest BCUT2D eigenvalue weighted by Gasteiger charge is 2.25. The summed E-state index contributed by atoms with van der Waals surface area (Å²) in [6, 6.07) is 11.5. The van der Waals surface area contributed by atoms with Gasteiger partial charge in [0.15, 0.2) is 0 Å². The molecule has 128 valence electrons. The number of pyridine rings is 1. The molecule has 5 nitrogen and oxygen atoms in total. The van der Waals surface area contributed by atoms with Gasteiger partial charge in [0.1, 0.15) is 11.3 Å². The SMILES string of the molecule is CN(C(=O)c1c(O)c2c(Cl)cccc2n(C)c1=O)c1ccc(Cl)cc1. The van der Waals surface area contributed by atoms with Gasteiger partial charge in [-0.05, 0) is 36.4 Å². The maximum absolute atomic E-state index is 12.9. The number of rotatable bonds is 2. The molecule has 0 aliphatic carbocycles. The smallest absolute Gasteiger partial charge is 0.267 e. The number of hydrogen-bond acceptors (Lipinski definition) is 3. The fraction of sp³-hybridized carbons (Fsp3) is 0.111. The molecule has 0 radical (unpaired) electrons. The summed E-state index contributed by atoms with van der Waals surface area (Å²) < 4.78 is 1.30. The quantitative estimate of drug-likeness (QED) is 0.739. The first-order chi connectivity index (χ1) is 11.8. The second kappa shape index (κ2) is 6.43. The van der Waals surface area contributed by atoms with Crippen molar-refractivity contribution in [1.82, 2.24) is 4.57 Å². The van der Waals surface area contributed by atoms with Gasteiger partial charge in [0.05, 0.1) is 15.9 Å². The molecule has 0 saturated carbocycles. The van der Waals surface area contributed by atoms with E-state index in [1.807, 2.05) is 0 Å². The van der Waals surface area contributed by atoms with Crippen LogP contribution in [-0.2, 0) is 7.05 Å². The maximum atomic E-state index is 12.9. The number of carbonyl (C=O) groups is 1. The van der Waals surface area contributed by atoms with Gasteiger partial charge in [-0.2, -0.15) is 0 Å². The molecule has 0 aliphatic rings. The van der Waals surface area contributed by atoms with Gasteiger partial charge in [-0.1, -0.05) is 29.3 Å². The molecule has 0 bridgehead atoms. The van der Waals surface area contributed by atoms with E-state index in [0.29, 0.717) is 16.2 Å². The summed E-state index contributed by atoms with van der Waals surface area (Å²) in [7, 11) is 3.04. The zero-order valence-electron chi connectivity index (χ0n) is 13.5. The number of anilines is 1. The number of aromatic hydroxyl groups is 1. The molecule has 3 rings (SSSR count). The molecule has 1 N–H and O–H groups in total. The van der Waals surface area contributed by atoms with E-state index in [1.54, 1.807) is 42.5 Å². The number of carbonyl (C=O) groups excluding carboxylic acids is 1. The number of halogens is 2. The minimum Gasteiger partial charge on any atom is -0.506 e. The lowest BCUT2D eigenvalue weighted by atomic mass is 10.1. The lowest BCUT2D eigenvalue weighted by molar-refractivity contribution is 0.0988. The Morgan fingerprint density at radius 1 is 1.12 bits per heavy atom. The van der Waals surface area contributed by atoms with E-state index in [4.69, 9.17) is 23.2 Å². The number of benzene rings is 2. The zero-order valence-corrected chi connectivity index (χ0v) is 15.0. The fourth-order valence-electron chi connectivity index (χ4n) is 2.67. The number of aryl methyl sites for hydroxylation is 1. The lowest BCUT2D eigenvalue weighted by Gasteiger charge is -2.19. The molecule has 0 fully saturated rings. The van der Waals surface area contributed by atoms with Crippen LogP contribution in [0.3, 0.4) is 0 Å². The number of aromatic nitrogens is 1. The predicted molar refractivity (Wildman–Crippen MR) is 100 cm³/mol. The van der Waals surface area contributed by atoms with E-state index >= 15 is 0 Å². The highest BCUT2D eigenvalue weighted by Crippen LogP contribution is 2.33. The highest BCUT2D eigenvalue weighted by molar-refractivity contribution is 6.36. The Bertz CT molecular complexity index is 1040. The Hall–Kier alpha value is -2.50. The van der Waals surface area contributed by atoms with Crippen molar-refractivity contribution in [2.24, 2.45) is 7.05 Å². The average Bonchev–Trinajstić information content (AvgIpc) is 2.59. The number of hydrogen-bond donors (Lipinski definition) is 1. The van der Waals surface area contributed by atoms with Gasteiger partial charge in [0.2, 0.25) is 0 Å². The minimum atomic E-state index is -0.637. The fourth-order valence-corrected chi connectivity index (χ4v) is 3.06. The van der Waals surface area contributed by atoms with E-state index in [0.717, 1.165) is 0 Å². The van der Waals surface area contributed by atoms with E-state index in [9.17, 15) is 14.7 Å². The molecule has 0 aliphatic heterocycles. The van der Waals surface area contributed by atoms with Crippen LogP contribution in [0.4, 0.5) is 5.69 Å². The number of nitrogens with zero attached hydrogens (tertiary/aromatic N) is 2. The Labute approximate surface area is 153 Å². The summed E-state index contributed by atoms with van der Waals surface area (Å²) in [4.78, 5) is 26.8. The molecule has 1 amide bonds. The molecular formula is C18H14Cl2N2O3. The summed E-state index contributed by atoms with van der Waals surface area (Å²) in [6.07, 6.45) is 0. The molecule has 0 saturated heterocycles. The van der Waals surface area contributed by atoms with Crippen molar-refractivity contribution in [3.8, 4) is 5.75 Å². The molecule has 0 spiro atoms. The van der Waals surface area contributed by atoms with Crippen molar-refractivity contribution in [2.45, 2.75) is 0 Å². The van der Waals surface area contributed by atoms with Crippen molar-refractivity contribution >= 4 is 45.7 Å². The van der Waals surface area contributed by atoms with E-state index in [1.165, 1.54) is 23.6 Å². The maximum Gasteiger partial charge on any atom is 0.267 e. The molecule has 7 heteroatoms. The largest absolute Gasteiger partial charge is 0.506 e. The summed E-state index contributed by atoms with van der Waals surface area (Å²) in [5.41, 5.74) is 0.0504. The first-order valence-electron chi connectivity index (χ1n) is 7.36. The van der Waals surface area contributed by atoms with Crippen molar-refractivity contribution in [1.29, 1.82) is 0 Å². The molecule has 25 heavy (non-hydrogen) atoms. The van der Waals surface area contributed by atoms with Crippen molar-refractivity contribution in [3.63, 3.8) is 0 Å². The first-order valence-corrected chi connectivity index (χ1v) is 8.12. The van der Waals surface area contributed by atoms with Crippen LogP contribution in [0.25, 0.3) is 10.9 Å². The van der Waals surface area contributed by atoms with Crippen LogP contribution in [0.15, 0.2) is 47.3 Å². The van der Waals surface area contributed by atoms with Crippen LogP contribution < -0.4 is 10.5 Å². The topological polar surface area (TPSA) is 62.5 Å². The number of fused-ring (bicyclic) bond motifs is 1. The Morgan fingerprint density at radius 2 is 1.76 bits per heavy atom. The molecule has 0 unspecified atom stereocenters. The Balaban J connectivity index is 2.21. The molecule has 2 aromatic carbocycles. The minimum absolute atomic E-state index is 0.258. The van der Waals surface area contributed by atoms with Crippen LogP contribution in [0.1, 0.15) is 10.4 Å². The van der Waals surface area contributed by atoms with Crippen LogP contribution in [0.2, 0.25) is 10.0 Å². The summed E-state index contributed by atoms with van der Waals surface area (Å²) in [6.45, 7) is 0. The molecule has 1 heterocycles. The third-order valence-corrected chi connectivity index (χ3v) is 4.64. The lowest BCUT2D eigenvalue weighted by Crippen LogP contribution is -2.34. The molecule has 1 aromatic heterocycles. The Kier molecular flexibility index (Phi) is 4.45. The molecular weight excluding hydrogens is 363 g/mol. The monoisotopic (exact) mass is 376 g/mol. The van der Waals surface area contributed by atoms with Crippen LogP contribution in [0.5, 0.6) is 5.75 Å². The highest BCUT2D eigenvalue weighted by atomic mass is 35.5. The molecule has 3 aromatic rings. The van der Waals surface area contributed by atoms with Gasteiger partial charge in [-0.15, -0.1) is 0 Å². The Morgan fingerprint density at radius 3 is 2.40 bits per heavy atom. The first kappa shape index (κ1) is 17.3. The van der Waals surface area contributed by atoms with Crippen LogP contribution in [-0.4, -0.2) is 22.6 Å². The molecule has 0 atom stereocenters. The van der Waals surface area contributed by atoms with Crippen LogP contribution >= 0.6 is 23.2 Å². The summed E-state index contributed by atoms with van der Waals surface area (Å²) in [5.74, 6) is -1.06. The average molecular weight is 377 g/mol. The second-order valence-electron chi connectivity index (χ2n) is 5.56. The third kappa shape index (κ3) is 2.86. The van der Waals surface area contributed by atoms with Gasteiger partial charge in [0.25, 0.3) is 11.5 Å². The summed E-state index contributed by atoms with van der Waals surface area (Å²) >= 11 is 12.0.